The van der Waals surface area contributed by atoms with E-state index in [0.29, 0.717) is 5.75 Å². The Hall–Kier alpha value is -3.06. The number of carbonyl (C=O) groups excluding carboxylic acids is 1. The fourth-order valence-corrected chi connectivity index (χ4v) is 4.21. The molecule has 0 spiro atoms. The Balaban J connectivity index is 1.25. The number of benzene rings is 2. The third-order valence-corrected chi connectivity index (χ3v) is 6.24. The number of amides is 1. The lowest BCUT2D eigenvalue weighted by molar-refractivity contribution is -0.113. The maximum absolute atomic E-state index is 12.3. The van der Waals surface area contributed by atoms with Gasteiger partial charge in [-0.2, -0.15) is 0 Å². The number of hydrogen-bond donors (Lipinski definition) is 1. The molecule has 1 N–H and O–H groups in total. The van der Waals surface area contributed by atoms with Crippen LogP contribution in [0.5, 0.6) is 0 Å². The van der Waals surface area contributed by atoms with Crippen molar-refractivity contribution < 1.29 is 4.79 Å². The normalized spacial score (nSPS) is 13.8. The molecule has 6 nitrogen and oxygen atoms in total. The highest BCUT2D eigenvalue weighted by Crippen LogP contribution is 2.21. The van der Waals surface area contributed by atoms with Crippen molar-refractivity contribution in [3.63, 3.8) is 0 Å². The highest BCUT2D eigenvalue weighted by molar-refractivity contribution is 7.99. The van der Waals surface area contributed by atoms with Crippen LogP contribution in [0.25, 0.3) is 0 Å². The van der Waals surface area contributed by atoms with E-state index in [4.69, 9.17) is 0 Å². The number of rotatable bonds is 7. The average Bonchev–Trinajstić information content (AvgIpc) is 2.84. The van der Waals surface area contributed by atoms with Gasteiger partial charge in [0.05, 0.1) is 5.75 Å². The third kappa shape index (κ3) is 5.76. The highest BCUT2D eigenvalue weighted by atomic mass is 32.2. The second kappa shape index (κ2) is 10.3. The van der Waals surface area contributed by atoms with Crippen LogP contribution in [0, 0.1) is 0 Å². The molecule has 0 aliphatic carbocycles. The average molecular weight is 434 g/mol. The zero-order valence-electron chi connectivity index (χ0n) is 17.7. The van der Waals surface area contributed by atoms with Gasteiger partial charge in [-0.25, -0.2) is 0 Å². The first-order valence-corrected chi connectivity index (χ1v) is 11.6. The molecule has 1 saturated heterocycles. The van der Waals surface area contributed by atoms with Crippen molar-refractivity contribution in [2.24, 2.45) is 0 Å². The molecule has 0 bridgehead atoms. The molecule has 0 radical (unpaired) electrons. The zero-order valence-corrected chi connectivity index (χ0v) is 18.5. The molecule has 160 valence electrons. The number of aromatic nitrogens is 2. The van der Waals surface area contributed by atoms with E-state index in [1.807, 2.05) is 36.4 Å². The van der Waals surface area contributed by atoms with Crippen LogP contribution in [0.3, 0.4) is 0 Å². The second-order valence-electron chi connectivity index (χ2n) is 7.43. The van der Waals surface area contributed by atoms with Crippen molar-refractivity contribution in [3.05, 3.63) is 72.3 Å². The fourth-order valence-electron chi connectivity index (χ4n) is 3.60. The van der Waals surface area contributed by atoms with Crippen LogP contribution in [0.2, 0.25) is 0 Å². The molecule has 0 unspecified atom stereocenters. The summed E-state index contributed by atoms with van der Waals surface area (Å²) >= 11 is 1.40. The molecule has 1 fully saturated rings. The molecule has 31 heavy (non-hydrogen) atoms. The topological polar surface area (TPSA) is 61.4 Å². The van der Waals surface area contributed by atoms with Crippen LogP contribution in [0.4, 0.5) is 17.2 Å². The minimum absolute atomic E-state index is 0.0406. The van der Waals surface area contributed by atoms with Crippen molar-refractivity contribution in [2.45, 2.75) is 18.4 Å². The van der Waals surface area contributed by atoms with Gasteiger partial charge in [0.1, 0.15) is 5.03 Å². The summed E-state index contributed by atoms with van der Waals surface area (Å²) in [6.07, 6.45) is 0.946. The molecule has 0 atom stereocenters. The van der Waals surface area contributed by atoms with Crippen LogP contribution < -0.4 is 15.1 Å². The summed E-state index contributed by atoms with van der Waals surface area (Å²) in [7, 11) is 0. The molecular formula is C24H27N5OS. The Morgan fingerprint density at radius 3 is 2.42 bits per heavy atom. The Bertz CT molecular complexity index is 988. The molecule has 2 aromatic carbocycles. The van der Waals surface area contributed by atoms with E-state index in [9.17, 15) is 4.79 Å². The summed E-state index contributed by atoms with van der Waals surface area (Å²) < 4.78 is 0. The van der Waals surface area contributed by atoms with Crippen LogP contribution in [0.15, 0.2) is 71.8 Å². The lowest BCUT2D eigenvalue weighted by Crippen LogP contribution is -2.46. The van der Waals surface area contributed by atoms with E-state index in [0.717, 1.165) is 49.1 Å². The lowest BCUT2D eigenvalue weighted by Gasteiger charge is -2.36. The van der Waals surface area contributed by atoms with Gasteiger partial charge in [-0.1, -0.05) is 49.0 Å². The third-order valence-electron chi connectivity index (χ3n) is 5.32. The molecule has 1 aliphatic rings. The fraction of sp³-hybridized carbons (Fsp3) is 0.292. The van der Waals surface area contributed by atoms with E-state index in [1.165, 1.54) is 23.0 Å². The van der Waals surface area contributed by atoms with Crippen LogP contribution in [0.1, 0.15) is 12.5 Å². The van der Waals surface area contributed by atoms with Gasteiger partial charge in [0.15, 0.2) is 5.82 Å². The largest absolute Gasteiger partial charge is 0.368 e. The molecule has 2 heterocycles. The number of para-hydroxylation sites is 1. The highest BCUT2D eigenvalue weighted by Gasteiger charge is 2.18. The van der Waals surface area contributed by atoms with Gasteiger partial charge in [0.25, 0.3) is 0 Å². The summed E-state index contributed by atoms with van der Waals surface area (Å²) in [5.74, 6) is 1.15. The van der Waals surface area contributed by atoms with Gasteiger partial charge in [-0.3, -0.25) is 4.79 Å². The summed E-state index contributed by atoms with van der Waals surface area (Å²) in [5.41, 5.74) is 3.30. The minimum Gasteiger partial charge on any atom is -0.368 e. The van der Waals surface area contributed by atoms with Crippen molar-refractivity contribution in [1.29, 1.82) is 0 Å². The first-order chi connectivity index (χ1) is 15.2. The van der Waals surface area contributed by atoms with Crippen molar-refractivity contribution >= 4 is 34.9 Å². The van der Waals surface area contributed by atoms with Gasteiger partial charge in [0.2, 0.25) is 5.91 Å². The van der Waals surface area contributed by atoms with Gasteiger partial charge >= 0.3 is 0 Å². The number of carbonyl (C=O) groups is 1. The standard InChI is InChI=1S/C24H27N5OS/c1-2-19-7-6-8-20(17-19)25-23(30)18-31-24-12-11-22(26-27-24)29-15-13-28(14-16-29)21-9-4-3-5-10-21/h3-12,17H,2,13-16,18H2,1H3,(H,25,30). The van der Waals surface area contributed by atoms with E-state index >= 15 is 0 Å². The number of anilines is 3. The first kappa shape index (κ1) is 21.2. The molecule has 1 aromatic heterocycles. The summed E-state index contributed by atoms with van der Waals surface area (Å²) in [5, 5.41) is 12.4. The van der Waals surface area contributed by atoms with Gasteiger partial charge in [0, 0.05) is 37.6 Å². The Morgan fingerprint density at radius 2 is 1.71 bits per heavy atom. The maximum Gasteiger partial charge on any atom is 0.234 e. The molecule has 7 heteroatoms. The van der Waals surface area contributed by atoms with Gasteiger partial charge in [-0.15, -0.1) is 10.2 Å². The van der Waals surface area contributed by atoms with Crippen molar-refractivity contribution in [2.75, 3.05) is 47.0 Å². The second-order valence-corrected chi connectivity index (χ2v) is 8.43. The van der Waals surface area contributed by atoms with Gasteiger partial charge in [-0.05, 0) is 48.4 Å². The monoisotopic (exact) mass is 433 g/mol. The number of nitrogens with zero attached hydrogens (tertiary/aromatic N) is 4. The lowest BCUT2D eigenvalue weighted by atomic mass is 10.1. The number of piperazine rings is 1. The predicted octanol–water partition coefficient (Wildman–Crippen LogP) is 4.10. The summed E-state index contributed by atoms with van der Waals surface area (Å²) in [4.78, 5) is 16.9. The van der Waals surface area contributed by atoms with E-state index in [-0.39, 0.29) is 5.91 Å². The SMILES string of the molecule is CCc1cccc(NC(=O)CSc2ccc(N3CCN(c4ccccc4)CC3)nn2)c1. The smallest absolute Gasteiger partial charge is 0.234 e. The molecule has 0 saturated carbocycles. The Labute approximate surface area is 187 Å². The van der Waals surface area contributed by atoms with Gasteiger partial charge < -0.3 is 15.1 Å². The summed E-state index contributed by atoms with van der Waals surface area (Å²) in [6, 6.07) is 22.4. The van der Waals surface area contributed by atoms with Crippen molar-refractivity contribution in [3.8, 4) is 0 Å². The number of hydrogen-bond acceptors (Lipinski definition) is 6. The molecule has 1 aliphatic heterocycles. The van der Waals surface area contributed by atoms with E-state index in [1.54, 1.807) is 0 Å². The number of thioether (sulfide) groups is 1. The minimum atomic E-state index is -0.0406. The number of aryl methyl sites for hydroxylation is 1. The summed E-state index contributed by atoms with van der Waals surface area (Å²) in [6.45, 7) is 5.84. The molecule has 4 rings (SSSR count). The zero-order chi connectivity index (χ0) is 21.5. The predicted molar refractivity (Wildman–Crippen MR) is 128 cm³/mol. The molecule has 3 aromatic rings. The molecular weight excluding hydrogens is 406 g/mol. The Kier molecular flexibility index (Phi) is 7.04. The van der Waals surface area contributed by atoms with Crippen molar-refractivity contribution in [1.82, 2.24) is 10.2 Å². The number of nitrogens with one attached hydrogen (secondary N) is 1. The van der Waals surface area contributed by atoms with Crippen LogP contribution >= 0.6 is 11.8 Å². The van der Waals surface area contributed by atoms with E-state index in [2.05, 4.69) is 62.6 Å². The molecule has 1 amide bonds. The first-order valence-electron chi connectivity index (χ1n) is 10.6. The Morgan fingerprint density at radius 1 is 0.935 bits per heavy atom. The van der Waals surface area contributed by atoms with Crippen LogP contribution in [-0.4, -0.2) is 48.0 Å². The quantitative estimate of drug-likeness (QED) is 0.566. The van der Waals surface area contributed by atoms with E-state index < -0.39 is 0 Å². The van der Waals surface area contributed by atoms with Crippen LogP contribution in [-0.2, 0) is 11.2 Å². The maximum atomic E-state index is 12.3.